The second kappa shape index (κ2) is 5.40. The second-order valence-corrected chi connectivity index (χ2v) is 5.42. The van der Waals surface area contributed by atoms with Crippen molar-refractivity contribution in [3.8, 4) is 0 Å². The summed E-state index contributed by atoms with van der Waals surface area (Å²) < 4.78 is 2.77. The number of hydrogen-bond acceptors (Lipinski definition) is 3. The molecule has 0 aliphatic heterocycles. The predicted octanol–water partition coefficient (Wildman–Crippen LogP) is 2.70. The van der Waals surface area contributed by atoms with E-state index in [2.05, 4.69) is 26.5 Å². The Morgan fingerprint density at radius 3 is 2.72 bits per heavy atom. The van der Waals surface area contributed by atoms with E-state index in [9.17, 15) is 0 Å². The first-order valence-corrected chi connectivity index (χ1v) is 6.61. The molecule has 0 saturated heterocycles. The van der Waals surface area contributed by atoms with Gasteiger partial charge >= 0.3 is 0 Å². The Morgan fingerprint density at radius 2 is 2.22 bits per heavy atom. The van der Waals surface area contributed by atoms with Crippen LogP contribution in [-0.2, 0) is 7.05 Å². The first kappa shape index (κ1) is 13.5. The lowest BCUT2D eigenvalue weighted by molar-refractivity contribution is 0.573. The van der Waals surface area contributed by atoms with Crippen molar-refractivity contribution in [1.82, 2.24) is 15.2 Å². The first-order valence-electron chi connectivity index (χ1n) is 5.44. The Morgan fingerprint density at radius 1 is 1.50 bits per heavy atom. The van der Waals surface area contributed by atoms with Crippen molar-refractivity contribution in [2.75, 3.05) is 0 Å². The lowest BCUT2D eigenvalue weighted by Crippen LogP contribution is -2.31. The molecule has 4 nitrogen and oxygen atoms in total. The zero-order chi connectivity index (χ0) is 13.3. The molecule has 2 aromatic rings. The van der Waals surface area contributed by atoms with Gasteiger partial charge in [0.2, 0.25) is 0 Å². The molecular weight excluding hydrogens is 316 g/mol. The minimum atomic E-state index is -0.182. The molecule has 1 heterocycles. The normalized spacial score (nSPS) is 12.7. The van der Waals surface area contributed by atoms with E-state index in [1.54, 1.807) is 10.9 Å². The van der Waals surface area contributed by atoms with Crippen molar-refractivity contribution in [3.05, 3.63) is 50.7 Å². The van der Waals surface area contributed by atoms with Crippen LogP contribution in [0.5, 0.6) is 0 Å². The molecule has 0 aliphatic carbocycles. The van der Waals surface area contributed by atoms with E-state index < -0.39 is 0 Å². The van der Waals surface area contributed by atoms with Crippen LogP contribution in [0.1, 0.15) is 22.9 Å². The van der Waals surface area contributed by atoms with Gasteiger partial charge in [-0.2, -0.15) is 5.10 Å². The van der Waals surface area contributed by atoms with Crippen LogP contribution in [0.2, 0.25) is 5.02 Å². The average molecular weight is 330 g/mol. The van der Waals surface area contributed by atoms with Gasteiger partial charge in [-0.25, -0.2) is 5.43 Å². The zero-order valence-corrected chi connectivity index (χ0v) is 12.5. The summed E-state index contributed by atoms with van der Waals surface area (Å²) in [5.74, 6) is 5.68. The van der Waals surface area contributed by atoms with E-state index in [0.29, 0.717) is 5.02 Å². The van der Waals surface area contributed by atoms with Crippen LogP contribution in [0.4, 0.5) is 0 Å². The largest absolute Gasteiger partial charge is 0.271 e. The number of rotatable bonds is 3. The van der Waals surface area contributed by atoms with Gasteiger partial charge in [0, 0.05) is 11.5 Å². The number of aromatic nitrogens is 2. The number of hydrazine groups is 1. The Kier molecular flexibility index (Phi) is 4.07. The molecule has 1 aromatic heterocycles. The third-order valence-corrected chi connectivity index (χ3v) is 3.71. The zero-order valence-electron chi connectivity index (χ0n) is 10.1. The summed E-state index contributed by atoms with van der Waals surface area (Å²) in [5.41, 5.74) is 5.86. The number of nitrogens with one attached hydrogen (secondary N) is 1. The number of benzene rings is 1. The molecule has 1 aromatic carbocycles. The Hall–Kier alpha value is -0.880. The fraction of sp³-hybridized carbons (Fsp3) is 0.250. The lowest BCUT2D eigenvalue weighted by atomic mass is 9.99. The Bertz CT molecular complexity index is 548. The maximum atomic E-state index is 6.16. The summed E-state index contributed by atoms with van der Waals surface area (Å²) in [7, 11) is 1.85. The number of nitrogens with zero attached hydrogens (tertiary/aromatic N) is 2. The van der Waals surface area contributed by atoms with Gasteiger partial charge in [-0.15, -0.1) is 0 Å². The van der Waals surface area contributed by atoms with Gasteiger partial charge < -0.3 is 0 Å². The minimum absolute atomic E-state index is 0.182. The smallest absolute Gasteiger partial charge is 0.0895 e. The quantitative estimate of drug-likeness (QED) is 0.672. The highest BCUT2D eigenvalue weighted by atomic mass is 79.9. The van der Waals surface area contributed by atoms with Crippen molar-refractivity contribution < 1.29 is 0 Å². The third-order valence-electron chi connectivity index (χ3n) is 2.92. The maximum absolute atomic E-state index is 6.16. The van der Waals surface area contributed by atoms with Gasteiger partial charge in [-0.05, 0) is 30.2 Å². The molecule has 0 amide bonds. The number of halogens is 2. The first-order chi connectivity index (χ1) is 8.54. The molecule has 1 atom stereocenters. The van der Waals surface area contributed by atoms with E-state index >= 15 is 0 Å². The van der Waals surface area contributed by atoms with E-state index in [1.807, 2.05) is 32.2 Å². The van der Waals surface area contributed by atoms with Crippen molar-refractivity contribution in [1.29, 1.82) is 0 Å². The van der Waals surface area contributed by atoms with Crippen LogP contribution < -0.4 is 11.3 Å². The van der Waals surface area contributed by atoms with Gasteiger partial charge in [-0.3, -0.25) is 10.5 Å². The molecule has 0 spiro atoms. The molecule has 0 bridgehead atoms. The maximum Gasteiger partial charge on any atom is 0.0895 e. The monoisotopic (exact) mass is 328 g/mol. The molecule has 0 fully saturated rings. The van der Waals surface area contributed by atoms with Crippen molar-refractivity contribution in [3.63, 3.8) is 0 Å². The topological polar surface area (TPSA) is 55.9 Å². The fourth-order valence-corrected chi connectivity index (χ4v) is 2.77. The molecule has 0 saturated carbocycles. The predicted molar refractivity (Wildman–Crippen MR) is 76.3 cm³/mol. The van der Waals surface area contributed by atoms with Crippen molar-refractivity contribution in [2.45, 2.75) is 13.0 Å². The number of aryl methyl sites for hydroxylation is 2. The van der Waals surface area contributed by atoms with Crippen molar-refractivity contribution in [2.24, 2.45) is 12.9 Å². The molecule has 18 heavy (non-hydrogen) atoms. The van der Waals surface area contributed by atoms with E-state index in [4.69, 9.17) is 17.4 Å². The third kappa shape index (κ3) is 2.44. The highest BCUT2D eigenvalue weighted by Gasteiger charge is 2.21. The highest BCUT2D eigenvalue weighted by molar-refractivity contribution is 9.10. The summed E-state index contributed by atoms with van der Waals surface area (Å²) in [6.07, 6.45) is 1.62. The molecule has 3 N–H and O–H groups in total. The second-order valence-electron chi connectivity index (χ2n) is 4.10. The van der Waals surface area contributed by atoms with Gasteiger partial charge in [-0.1, -0.05) is 33.6 Å². The van der Waals surface area contributed by atoms with Crippen LogP contribution in [0.25, 0.3) is 0 Å². The van der Waals surface area contributed by atoms with Crippen LogP contribution in [-0.4, -0.2) is 9.78 Å². The lowest BCUT2D eigenvalue weighted by Gasteiger charge is -2.19. The fourth-order valence-electron chi connectivity index (χ4n) is 2.02. The van der Waals surface area contributed by atoms with E-state index in [1.165, 1.54) is 0 Å². The summed E-state index contributed by atoms with van der Waals surface area (Å²) in [5, 5.41) is 4.74. The van der Waals surface area contributed by atoms with Crippen LogP contribution >= 0.6 is 27.5 Å². The SMILES string of the molecule is Cc1cc(Br)ccc1C(NN)c1c(Cl)cnn1C. The molecular formula is C12H14BrClN4. The minimum Gasteiger partial charge on any atom is -0.271 e. The molecule has 1 unspecified atom stereocenters. The molecule has 0 aliphatic rings. The van der Waals surface area contributed by atoms with Gasteiger partial charge in [0.1, 0.15) is 0 Å². The van der Waals surface area contributed by atoms with Crippen molar-refractivity contribution >= 4 is 27.5 Å². The van der Waals surface area contributed by atoms with E-state index in [0.717, 1.165) is 21.3 Å². The van der Waals surface area contributed by atoms with Gasteiger partial charge in [0.05, 0.1) is 23.0 Å². The van der Waals surface area contributed by atoms with Gasteiger partial charge in [0.25, 0.3) is 0 Å². The van der Waals surface area contributed by atoms with Gasteiger partial charge in [0.15, 0.2) is 0 Å². The molecule has 6 heteroatoms. The van der Waals surface area contributed by atoms with E-state index in [-0.39, 0.29) is 6.04 Å². The standard InChI is InChI=1S/C12H14BrClN4/c1-7-5-8(13)3-4-9(7)11(17-15)12-10(14)6-16-18(12)2/h3-6,11,17H,15H2,1-2H3. The molecule has 0 radical (unpaired) electrons. The Labute approximate surface area is 119 Å². The molecule has 96 valence electrons. The summed E-state index contributed by atoms with van der Waals surface area (Å²) >= 11 is 9.61. The van der Waals surface area contributed by atoms with Crippen LogP contribution in [0, 0.1) is 6.92 Å². The average Bonchev–Trinajstić information content (AvgIpc) is 2.64. The molecule has 2 rings (SSSR count). The van der Waals surface area contributed by atoms with Crippen LogP contribution in [0.15, 0.2) is 28.9 Å². The van der Waals surface area contributed by atoms with Crippen LogP contribution in [0.3, 0.4) is 0 Å². The summed E-state index contributed by atoms with van der Waals surface area (Å²) in [6, 6.07) is 5.87. The summed E-state index contributed by atoms with van der Waals surface area (Å²) in [4.78, 5) is 0. The Balaban J connectivity index is 2.52. The number of nitrogens with two attached hydrogens (primary N) is 1. The highest BCUT2D eigenvalue weighted by Crippen LogP contribution is 2.30. The number of hydrogen-bond donors (Lipinski definition) is 2. The summed E-state index contributed by atoms with van der Waals surface area (Å²) in [6.45, 7) is 2.04.